The molecule has 1 unspecified atom stereocenters. The van der Waals surface area contributed by atoms with Gasteiger partial charge in [0.2, 0.25) is 0 Å². The SMILES string of the molecule is CS(=O)(=O)CCC(N)C(=O)Cc1ccc(O)cc1. The van der Waals surface area contributed by atoms with Crippen LogP contribution in [0.15, 0.2) is 24.3 Å². The maximum Gasteiger partial charge on any atom is 0.153 e. The molecule has 0 saturated heterocycles. The molecule has 0 heterocycles. The van der Waals surface area contributed by atoms with Crippen LogP contribution in [-0.2, 0) is 21.1 Å². The lowest BCUT2D eigenvalue weighted by atomic mass is 10.0. The molecule has 0 aromatic heterocycles. The largest absolute Gasteiger partial charge is 0.508 e. The Hall–Kier alpha value is -1.40. The number of aromatic hydroxyl groups is 1. The van der Waals surface area contributed by atoms with Gasteiger partial charge in [-0.15, -0.1) is 0 Å². The summed E-state index contributed by atoms with van der Waals surface area (Å²) in [6.07, 6.45) is 1.39. The van der Waals surface area contributed by atoms with E-state index in [-0.39, 0.29) is 30.1 Å². The molecule has 1 rings (SSSR count). The second kappa shape index (κ2) is 5.97. The molecule has 1 aromatic carbocycles. The lowest BCUT2D eigenvalue weighted by molar-refractivity contribution is -0.119. The van der Waals surface area contributed by atoms with Crippen LogP contribution in [0.5, 0.6) is 5.75 Å². The van der Waals surface area contributed by atoms with E-state index in [0.29, 0.717) is 0 Å². The third-order valence-electron chi connectivity index (χ3n) is 2.53. The van der Waals surface area contributed by atoms with Crippen molar-refractivity contribution in [2.45, 2.75) is 18.9 Å². The number of Topliss-reactive ketones (excluding diaryl/α,β-unsaturated/α-hetero) is 1. The Labute approximate surface area is 107 Å². The van der Waals surface area contributed by atoms with Gasteiger partial charge in [0.05, 0.1) is 11.8 Å². The smallest absolute Gasteiger partial charge is 0.153 e. The van der Waals surface area contributed by atoms with Crippen molar-refractivity contribution in [1.82, 2.24) is 0 Å². The molecule has 0 saturated carbocycles. The average molecular weight is 271 g/mol. The molecular formula is C12H17NO4S. The van der Waals surface area contributed by atoms with E-state index >= 15 is 0 Å². The van der Waals surface area contributed by atoms with Crippen molar-refractivity contribution >= 4 is 15.6 Å². The van der Waals surface area contributed by atoms with Gasteiger partial charge in [-0.25, -0.2) is 8.42 Å². The van der Waals surface area contributed by atoms with Crippen LogP contribution in [0.25, 0.3) is 0 Å². The molecule has 0 amide bonds. The summed E-state index contributed by atoms with van der Waals surface area (Å²) in [6.45, 7) is 0. The van der Waals surface area contributed by atoms with Gasteiger partial charge in [0.1, 0.15) is 15.6 Å². The number of ketones is 1. The quantitative estimate of drug-likeness (QED) is 0.773. The zero-order valence-electron chi connectivity index (χ0n) is 10.2. The number of phenols is 1. The van der Waals surface area contributed by atoms with Crippen LogP contribution in [0.1, 0.15) is 12.0 Å². The molecular weight excluding hydrogens is 254 g/mol. The Morgan fingerprint density at radius 2 is 1.89 bits per heavy atom. The van der Waals surface area contributed by atoms with Gasteiger partial charge in [-0.05, 0) is 24.1 Å². The average Bonchev–Trinajstić information content (AvgIpc) is 2.28. The van der Waals surface area contributed by atoms with Crippen LogP contribution < -0.4 is 5.73 Å². The van der Waals surface area contributed by atoms with Gasteiger partial charge in [0.25, 0.3) is 0 Å². The van der Waals surface area contributed by atoms with E-state index in [1.54, 1.807) is 12.1 Å². The second-order valence-electron chi connectivity index (χ2n) is 4.33. The molecule has 5 nitrogen and oxygen atoms in total. The minimum Gasteiger partial charge on any atom is -0.508 e. The number of nitrogens with two attached hydrogens (primary N) is 1. The van der Waals surface area contributed by atoms with Crippen LogP contribution in [0, 0.1) is 0 Å². The summed E-state index contributed by atoms with van der Waals surface area (Å²) in [7, 11) is -3.10. The van der Waals surface area contributed by atoms with Gasteiger partial charge in [-0.2, -0.15) is 0 Å². The summed E-state index contributed by atoms with van der Waals surface area (Å²) in [6, 6.07) is 5.48. The normalized spacial score (nSPS) is 13.2. The van der Waals surface area contributed by atoms with Crippen molar-refractivity contribution in [1.29, 1.82) is 0 Å². The highest BCUT2D eigenvalue weighted by Gasteiger charge is 2.16. The fraction of sp³-hybridized carbons (Fsp3) is 0.417. The fourth-order valence-electron chi connectivity index (χ4n) is 1.45. The lowest BCUT2D eigenvalue weighted by Gasteiger charge is -2.09. The second-order valence-corrected chi connectivity index (χ2v) is 6.59. The summed E-state index contributed by atoms with van der Waals surface area (Å²) in [4.78, 5) is 11.7. The molecule has 0 aliphatic rings. The number of rotatable bonds is 6. The number of hydrogen-bond donors (Lipinski definition) is 2. The van der Waals surface area contributed by atoms with Crippen molar-refractivity contribution in [3.8, 4) is 5.75 Å². The van der Waals surface area contributed by atoms with Gasteiger partial charge < -0.3 is 10.8 Å². The Kier molecular flexibility index (Phi) is 4.86. The molecule has 0 fully saturated rings. The van der Waals surface area contributed by atoms with Crippen molar-refractivity contribution < 1.29 is 18.3 Å². The minimum atomic E-state index is -3.10. The predicted octanol–water partition coefficient (Wildman–Crippen LogP) is 0.266. The monoisotopic (exact) mass is 271 g/mol. The molecule has 0 radical (unpaired) electrons. The first-order valence-corrected chi connectivity index (χ1v) is 7.58. The van der Waals surface area contributed by atoms with Gasteiger partial charge in [-0.3, -0.25) is 4.79 Å². The minimum absolute atomic E-state index is 0.0878. The first-order valence-electron chi connectivity index (χ1n) is 5.52. The number of sulfone groups is 1. The van der Waals surface area contributed by atoms with Crippen LogP contribution >= 0.6 is 0 Å². The molecule has 3 N–H and O–H groups in total. The zero-order chi connectivity index (χ0) is 13.8. The van der Waals surface area contributed by atoms with Crippen LogP contribution in [0.2, 0.25) is 0 Å². The number of carbonyl (C=O) groups excluding carboxylic acids is 1. The number of phenolic OH excluding ortho intramolecular Hbond substituents is 1. The number of carbonyl (C=O) groups is 1. The Morgan fingerprint density at radius 1 is 1.33 bits per heavy atom. The predicted molar refractivity (Wildman–Crippen MR) is 69.1 cm³/mol. The highest BCUT2D eigenvalue weighted by Crippen LogP contribution is 2.11. The number of benzene rings is 1. The molecule has 18 heavy (non-hydrogen) atoms. The Balaban J connectivity index is 2.52. The van der Waals surface area contributed by atoms with Gasteiger partial charge >= 0.3 is 0 Å². The van der Waals surface area contributed by atoms with Crippen LogP contribution in [-0.4, -0.2) is 37.4 Å². The highest BCUT2D eigenvalue weighted by molar-refractivity contribution is 7.90. The van der Waals surface area contributed by atoms with E-state index in [0.717, 1.165) is 11.8 Å². The van der Waals surface area contributed by atoms with E-state index < -0.39 is 15.9 Å². The molecule has 6 heteroatoms. The lowest BCUT2D eigenvalue weighted by Crippen LogP contribution is -2.33. The molecule has 0 spiro atoms. The third-order valence-corrected chi connectivity index (χ3v) is 3.51. The standard InChI is InChI=1S/C12H17NO4S/c1-18(16,17)7-6-11(13)12(15)8-9-2-4-10(14)5-3-9/h2-5,11,14H,6-8,13H2,1H3. The van der Waals surface area contributed by atoms with E-state index in [2.05, 4.69) is 0 Å². The summed E-state index contributed by atoms with van der Waals surface area (Å²) < 4.78 is 21.9. The van der Waals surface area contributed by atoms with Crippen molar-refractivity contribution in [2.75, 3.05) is 12.0 Å². The summed E-state index contributed by atoms with van der Waals surface area (Å²) in [5, 5.41) is 9.10. The Morgan fingerprint density at radius 3 is 2.39 bits per heavy atom. The van der Waals surface area contributed by atoms with E-state index in [9.17, 15) is 13.2 Å². The van der Waals surface area contributed by atoms with Gasteiger partial charge in [0, 0.05) is 12.7 Å². The topological polar surface area (TPSA) is 97.5 Å². The van der Waals surface area contributed by atoms with Crippen molar-refractivity contribution in [3.63, 3.8) is 0 Å². The van der Waals surface area contributed by atoms with E-state index in [1.807, 2.05) is 0 Å². The molecule has 0 bridgehead atoms. The highest BCUT2D eigenvalue weighted by atomic mass is 32.2. The van der Waals surface area contributed by atoms with Gasteiger partial charge in [0.15, 0.2) is 5.78 Å². The van der Waals surface area contributed by atoms with E-state index in [1.165, 1.54) is 12.1 Å². The summed E-state index contributed by atoms with van der Waals surface area (Å²) >= 11 is 0. The van der Waals surface area contributed by atoms with E-state index in [4.69, 9.17) is 10.8 Å². The molecule has 1 atom stereocenters. The molecule has 0 aliphatic heterocycles. The molecule has 100 valence electrons. The molecule has 0 aliphatic carbocycles. The first kappa shape index (κ1) is 14.7. The molecule has 1 aromatic rings. The third kappa shape index (κ3) is 5.29. The van der Waals surface area contributed by atoms with Crippen molar-refractivity contribution in [2.24, 2.45) is 5.73 Å². The summed E-state index contributed by atoms with van der Waals surface area (Å²) in [5.74, 6) is -0.160. The summed E-state index contributed by atoms with van der Waals surface area (Å²) in [5.41, 5.74) is 6.38. The van der Waals surface area contributed by atoms with Crippen LogP contribution in [0.4, 0.5) is 0 Å². The van der Waals surface area contributed by atoms with Crippen molar-refractivity contribution in [3.05, 3.63) is 29.8 Å². The number of hydrogen-bond acceptors (Lipinski definition) is 5. The fourth-order valence-corrected chi connectivity index (χ4v) is 2.13. The maximum atomic E-state index is 11.7. The van der Waals surface area contributed by atoms with Gasteiger partial charge in [-0.1, -0.05) is 12.1 Å². The maximum absolute atomic E-state index is 11.7. The Bertz CT molecular complexity index is 507. The first-order chi connectivity index (χ1) is 8.28. The van der Waals surface area contributed by atoms with Crippen LogP contribution in [0.3, 0.4) is 0 Å². The zero-order valence-corrected chi connectivity index (χ0v) is 11.0.